The highest BCUT2D eigenvalue weighted by molar-refractivity contribution is 7.76. The van der Waals surface area contributed by atoms with Crippen LogP contribution in [-0.2, 0) is 11.3 Å². The van der Waals surface area contributed by atoms with Gasteiger partial charge >= 0.3 is 0 Å². The maximum Gasteiger partial charge on any atom is 0.0292 e. The second kappa shape index (κ2) is 4.94. The standard InChI is InChI=1S/C8H19NO2S/c1-5-8(4,6-2)9(7-3)12(10)11/h5-7H2,1-4H3,(H,10,11)/p-1. The summed E-state index contributed by atoms with van der Waals surface area (Å²) in [5.74, 6) is 0. The van der Waals surface area contributed by atoms with Crippen LogP contribution < -0.4 is 0 Å². The summed E-state index contributed by atoms with van der Waals surface area (Å²) in [6, 6.07) is 0. The average molecular weight is 192 g/mol. The molecule has 0 saturated carbocycles. The molecule has 0 aliphatic carbocycles. The van der Waals surface area contributed by atoms with E-state index >= 15 is 0 Å². The van der Waals surface area contributed by atoms with Gasteiger partial charge < -0.3 is 4.55 Å². The molecule has 0 aromatic carbocycles. The molecule has 0 aromatic heterocycles. The zero-order chi connectivity index (χ0) is 9.78. The molecule has 12 heavy (non-hydrogen) atoms. The molecule has 74 valence electrons. The molecular formula is C8H18NO2S-. The lowest BCUT2D eigenvalue weighted by atomic mass is 9.96. The quantitative estimate of drug-likeness (QED) is 0.622. The second-order valence-corrected chi connectivity index (χ2v) is 3.99. The van der Waals surface area contributed by atoms with Crippen molar-refractivity contribution in [1.82, 2.24) is 4.31 Å². The lowest BCUT2D eigenvalue weighted by Crippen LogP contribution is -2.46. The van der Waals surface area contributed by atoms with E-state index in [1.165, 1.54) is 4.31 Å². The summed E-state index contributed by atoms with van der Waals surface area (Å²) in [5.41, 5.74) is -0.207. The van der Waals surface area contributed by atoms with Crippen LogP contribution in [-0.4, -0.2) is 25.2 Å². The van der Waals surface area contributed by atoms with Crippen molar-refractivity contribution in [2.24, 2.45) is 0 Å². The minimum Gasteiger partial charge on any atom is -0.760 e. The van der Waals surface area contributed by atoms with Gasteiger partial charge in [0.25, 0.3) is 0 Å². The Morgan fingerprint density at radius 3 is 1.83 bits per heavy atom. The van der Waals surface area contributed by atoms with Crippen molar-refractivity contribution in [1.29, 1.82) is 0 Å². The van der Waals surface area contributed by atoms with E-state index in [-0.39, 0.29) is 5.54 Å². The molecular weight excluding hydrogens is 174 g/mol. The Bertz CT molecular complexity index is 157. The molecule has 0 N–H and O–H groups in total. The van der Waals surface area contributed by atoms with Crippen molar-refractivity contribution < 1.29 is 8.76 Å². The Labute approximate surface area is 77.6 Å². The fourth-order valence-electron chi connectivity index (χ4n) is 1.27. The number of nitrogens with zero attached hydrogens (tertiary/aromatic N) is 1. The average Bonchev–Trinajstić information content (AvgIpc) is 2.04. The normalized spacial score (nSPS) is 15.2. The fourth-order valence-corrected chi connectivity index (χ4v) is 2.10. The molecule has 0 saturated heterocycles. The van der Waals surface area contributed by atoms with Crippen LogP contribution in [0, 0.1) is 0 Å². The van der Waals surface area contributed by atoms with Crippen LogP contribution in [0.4, 0.5) is 0 Å². The third-order valence-electron chi connectivity index (χ3n) is 2.59. The zero-order valence-corrected chi connectivity index (χ0v) is 9.11. The number of hydrogen-bond donors (Lipinski definition) is 0. The molecule has 0 aliphatic rings. The van der Waals surface area contributed by atoms with Crippen molar-refractivity contribution in [3.05, 3.63) is 0 Å². The van der Waals surface area contributed by atoms with Crippen molar-refractivity contribution in [2.75, 3.05) is 6.54 Å². The predicted molar refractivity (Wildman–Crippen MR) is 50.3 cm³/mol. The number of rotatable bonds is 5. The van der Waals surface area contributed by atoms with Crippen LogP contribution in [0.3, 0.4) is 0 Å². The molecule has 4 heteroatoms. The minimum atomic E-state index is -2.09. The Morgan fingerprint density at radius 1 is 1.33 bits per heavy atom. The van der Waals surface area contributed by atoms with Gasteiger partial charge in [0.1, 0.15) is 0 Å². The molecule has 0 spiro atoms. The summed E-state index contributed by atoms with van der Waals surface area (Å²) < 4.78 is 23.1. The van der Waals surface area contributed by atoms with Gasteiger partial charge in [-0.15, -0.1) is 0 Å². The smallest absolute Gasteiger partial charge is 0.0292 e. The second-order valence-electron chi connectivity index (χ2n) is 3.12. The van der Waals surface area contributed by atoms with E-state index in [1.807, 2.05) is 27.7 Å². The van der Waals surface area contributed by atoms with E-state index in [9.17, 15) is 8.76 Å². The van der Waals surface area contributed by atoms with Crippen LogP contribution in [0.5, 0.6) is 0 Å². The summed E-state index contributed by atoms with van der Waals surface area (Å²) in [6.07, 6.45) is 1.70. The highest BCUT2D eigenvalue weighted by Gasteiger charge is 2.27. The van der Waals surface area contributed by atoms with E-state index in [2.05, 4.69) is 0 Å². The highest BCUT2D eigenvalue weighted by Crippen LogP contribution is 2.23. The zero-order valence-electron chi connectivity index (χ0n) is 8.29. The molecule has 3 nitrogen and oxygen atoms in total. The van der Waals surface area contributed by atoms with Gasteiger partial charge in [-0.25, -0.2) is 4.31 Å². The molecule has 0 bridgehead atoms. The summed E-state index contributed by atoms with van der Waals surface area (Å²) in [7, 11) is 0. The van der Waals surface area contributed by atoms with Gasteiger partial charge in [-0.1, -0.05) is 20.8 Å². The minimum absolute atomic E-state index is 0.207. The van der Waals surface area contributed by atoms with Crippen molar-refractivity contribution in [2.45, 2.75) is 46.1 Å². The first-order valence-electron chi connectivity index (χ1n) is 4.38. The van der Waals surface area contributed by atoms with Gasteiger partial charge in [0.05, 0.1) is 0 Å². The highest BCUT2D eigenvalue weighted by atomic mass is 32.2. The van der Waals surface area contributed by atoms with Crippen molar-refractivity contribution >= 4 is 11.3 Å². The van der Waals surface area contributed by atoms with E-state index in [0.29, 0.717) is 6.54 Å². The summed E-state index contributed by atoms with van der Waals surface area (Å²) in [6.45, 7) is 8.41. The Balaban J connectivity index is 4.54. The predicted octanol–water partition coefficient (Wildman–Crippen LogP) is 1.68. The SMILES string of the molecule is CCN(S(=O)[O-])C(C)(CC)CC. The monoisotopic (exact) mass is 192 g/mol. The van der Waals surface area contributed by atoms with E-state index in [4.69, 9.17) is 0 Å². The van der Waals surface area contributed by atoms with E-state index in [1.54, 1.807) is 0 Å². The molecule has 0 aliphatic heterocycles. The molecule has 0 amide bonds. The number of hydrogen-bond acceptors (Lipinski definition) is 2. The first-order valence-corrected chi connectivity index (χ1v) is 5.42. The lowest BCUT2D eigenvalue weighted by Gasteiger charge is -2.40. The molecule has 1 atom stereocenters. The lowest BCUT2D eigenvalue weighted by molar-refractivity contribution is 0.194. The van der Waals surface area contributed by atoms with Gasteiger partial charge in [-0.3, -0.25) is 4.21 Å². The van der Waals surface area contributed by atoms with Crippen LogP contribution >= 0.6 is 0 Å². The largest absolute Gasteiger partial charge is 0.760 e. The maximum absolute atomic E-state index is 10.8. The van der Waals surface area contributed by atoms with Gasteiger partial charge in [0.2, 0.25) is 0 Å². The first kappa shape index (κ1) is 12.1. The van der Waals surface area contributed by atoms with Crippen molar-refractivity contribution in [3.8, 4) is 0 Å². The van der Waals surface area contributed by atoms with Gasteiger partial charge in [-0.2, -0.15) is 0 Å². The Hall–Kier alpha value is 0.0700. The maximum atomic E-state index is 10.8. The molecule has 0 radical (unpaired) electrons. The van der Waals surface area contributed by atoms with Crippen LogP contribution in [0.15, 0.2) is 0 Å². The summed E-state index contributed by atoms with van der Waals surface area (Å²) in [4.78, 5) is 0. The van der Waals surface area contributed by atoms with Crippen LogP contribution in [0.1, 0.15) is 40.5 Å². The van der Waals surface area contributed by atoms with Crippen LogP contribution in [0.25, 0.3) is 0 Å². The van der Waals surface area contributed by atoms with Crippen molar-refractivity contribution in [3.63, 3.8) is 0 Å². The Morgan fingerprint density at radius 2 is 1.75 bits per heavy atom. The van der Waals surface area contributed by atoms with E-state index < -0.39 is 11.3 Å². The molecule has 0 rings (SSSR count). The molecule has 1 unspecified atom stereocenters. The fraction of sp³-hybridized carbons (Fsp3) is 1.00. The molecule has 0 aromatic rings. The van der Waals surface area contributed by atoms with E-state index in [0.717, 1.165) is 12.8 Å². The van der Waals surface area contributed by atoms with Gasteiger partial charge in [0.15, 0.2) is 0 Å². The topological polar surface area (TPSA) is 43.4 Å². The molecule has 0 fully saturated rings. The third kappa shape index (κ3) is 2.54. The third-order valence-corrected chi connectivity index (χ3v) is 3.65. The Kier molecular flexibility index (Phi) is 4.97. The van der Waals surface area contributed by atoms with Gasteiger partial charge in [0, 0.05) is 23.4 Å². The van der Waals surface area contributed by atoms with Gasteiger partial charge in [-0.05, 0) is 19.8 Å². The summed E-state index contributed by atoms with van der Waals surface area (Å²) in [5, 5.41) is 0. The van der Waals surface area contributed by atoms with Crippen LogP contribution in [0.2, 0.25) is 0 Å². The summed E-state index contributed by atoms with van der Waals surface area (Å²) >= 11 is -2.09. The first-order chi connectivity index (χ1) is 5.51. The molecule has 0 heterocycles.